The number of allylic oxidation sites excluding steroid dienone is 1. The number of hydrogen-bond donors (Lipinski definition) is 6. The molecule has 10 heteroatoms. The average Bonchev–Trinajstić information content (AvgIpc) is 3.04. The first-order valence-electron chi connectivity index (χ1n) is 9.62. The van der Waals surface area contributed by atoms with E-state index in [1.165, 1.54) is 0 Å². The van der Waals surface area contributed by atoms with Crippen LogP contribution in [0, 0.1) is 0 Å². The number of rotatable bonds is 7. The minimum atomic E-state index is -1.85. The largest absolute Gasteiger partial charge is 0.462 e. The molecule has 2 saturated heterocycles. The van der Waals surface area contributed by atoms with E-state index in [9.17, 15) is 25.5 Å². The van der Waals surface area contributed by atoms with Crippen molar-refractivity contribution in [1.29, 1.82) is 0 Å². The third kappa shape index (κ3) is 4.83. The van der Waals surface area contributed by atoms with Crippen LogP contribution in [0.4, 0.5) is 0 Å². The molecule has 0 amide bonds. The van der Waals surface area contributed by atoms with Crippen molar-refractivity contribution in [2.45, 2.75) is 55.6 Å². The quantitative estimate of drug-likeness (QED) is 0.298. The van der Waals surface area contributed by atoms with Gasteiger partial charge in [-0.25, -0.2) is 0 Å². The second-order valence-corrected chi connectivity index (χ2v) is 7.42. The summed E-state index contributed by atoms with van der Waals surface area (Å²) >= 11 is 0. The molecule has 2 aliphatic rings. The highest BCUT2D eigenvalue weighted by Crippen LogP contribution is 2.28. The molecule has 8 atom stereocenters. The molecule has 168 valence electrons. The number of aliphatic hydroxyl groups excluding tert-OH is 5. The van der Waals surface area contributed by atoms with E-state index in [-0.39, 0.29) is 13.2 Å². The van der Waals surface area contributed by atoms with Crippen LogP contribution in [0.2, 0.25) is 0 Å². The molecule has 30 heavy (non-hydrogen) atoms. The molecule has 0 aromatic heterocycles. The molecule has 0 aliphatic carbocycles. The van der Waals surface area contributed by atoms with Gasteiger partial charge in [0.15, 0.2) is 6.29 Å². The van der Waals surface area contributed by atoms with Crippen molar-refractivity contribution in [2.24, 2.45) is 0 Å². The van der Waals surface area contributed by atoms with Crippen LogP contribution in [0.1, 0.15) is 12.5 Å². The molecule has 0 radical (unpaired) electrons. The monoisotopic (exact) mass is 428 g/mol. The molecule has 8 unspecified atom stereocenters. The Morgan fingerprint density at radius 1 is 1.07 bits per heavy atom. The van der Waals surface area contributed by atoms with Gasteiger partial charge in [-0.3, -0.25) is 0 Å². The van der Waals surface area contributed by atoms with Crippen LogP contribution >= 0.6 is 0 Å². The van der Waals surface area contributed by atoms with Crippen LogP contribution in [-0.2, 0) is 14.2 Å². The number of aliphatic hydroxyl groups is 6. The Bertz CT molecular complexity index is 710. The van der Waals surface area contributed by atoms with E-state index < -0.39 is 55.3 Å². The van der Waals surface area contributed by atoms with Crippen molar-refractivity contribution >= 4 is 6.08 Å². The van der Waals surface area contributed by atoms with Crippen LogP contribution in [0.25, 0.3) is 6.08 Å². The maximum absolute atomic E-state index is 10.2. The molecule has 2 aliphatic heterocycles. The van der Waals surface area contributed by atoms with Crippen LogP contribution in [-0.4, -0.2) is 99.2 Å². The molecule has 3 rings (SSSR count). The lowest BCUT2D eigenvalue weighted by atomic mass is 9.99. The molecule has 0 saturated carbocycles. The van der Waals surface area contributed by atoms with E-state index in [4.69, 9.17) is 24.1 Å². The summed E-state index contributed by atoms with van der Waals surface area (Å²) in [6, 6.07) is 6.95. The number of hydrogen-bond acceptors (Lipinski definition) is 10. The molecule has 1 aromatic carbocycles. The smallest absolute Gasteiger partial charge is 0.229 e. The fraction of sp³-hybridized carbons (Fsp3) is 0.600. The molecule has 0 bridgehead atoms. The Labute approximate surface area is 173 Å². The predicted molar refractivity (Wildman–Crippen MR) is 102 cm³/mol. The third-order valence-electron chi connectivity index (χ3n) is 5.16. The van der Waals surface area contributed by atoms with Crippen LogP contribution < -0.4 is 4.74 Å². The highest BCUT2D eigenvalue weighted by molar-refractivity contribution is 5.50. The second-order valence-electron chi connectivity index (χ2n) is 7.42. The summed E-state index contributed by atoms with van der Waals surface area (Å²) in [7, 11) is 0. The van der Waals surface area contributed by atoms with E-state index in [0.29, 0.717) is 5.75 Å². The van der Waals surface area contributed by atoms with Crippen molar-refractivity contribution < 1.29 is 49.6 Å². The Balaban J connectivity index is 1.61. The summed E-state index contributed by atoms with van der Waals surface area (Å²) < 4.78 is 21.7. The van der Waals surface area contributed by atoms with Gasteiger partial charge in [0.1, 0.15) is 41.9 Å². The summed E-state index contributed by atoms with van der Waals surface area (Å²) in [5.74, 6) is 0.387. The molecule has 2 heterocycles. The van der Waals surface area contributed by atoms with Gasteiger partial charge in [0.2, 0.25) is 6.29 Å². The van der Waals surface area contributed by atoms with Gasteiger partial charge < -0.3 is 49.6 Å². The first-order chi connectivity index (χ1) is 14.3. The highest BCUT2D eigenvalue weighted by atomic mass is 16.7. The van der Waals surface area contributed by atoms with Gasteiger partial charge in [-0.05, 0) is 24.6 Å². The summed E-state index contributed by atoms with van der Waals surface area (Å²) in [5.41, 5.74) is -0.897. The van der Waals surface area contributed by atoms with E-state index in [2.05, 4.69) is 0 Å². The zero-order chi connectivity index (χ0) is 21.9. The fourth-order valence-corrected chi connectivity index (χ4v) is 3.26. The van der Waals surface area contributed by atoms with E-state index in [1.54, 1.807) is 24.3 Å². The average molecular weight is 428 g/mol. The Hall–Kier alpha value is -1.60. The molecule has 1 aromatic rings. The zero-order valence-electron chi connectivity index (χ0n) is 16.4. The van der Waals surface area contributed by atoms with E-state index >= 15 is 0 Å². The van der Waals surface area contributed by atoms with Crippen LogP contribution in [0.15, 0.2) is 30.3 Å². The SMILES string of the molecule is CC=Cc1ccc(OC2OC(COC3OCC(O)(CO)C3O)C(O)C(O)C2O)cc1. The van der Waals surface area contributed by atoms with Crippen molar-refractivity contribution in [3.05, 3.63) is 35.9 Å². The summed E-state index contributed by atoms with van der Waals surface area (Å²) in [6.07, 6.45) is -5.96. The van der Waals surface area contributed by atoms with Crippen LogP contribution in [0.5, 0.6) is 5.75 Å². The van der Waals surface area contributed by atoms with Crippen LogP contribution in [0.3, 0.4) is 0 Å². The number of benzene rings is 1. The molecular formula is C20H28O10. The van der Waals surface area contributed by atoms with Gasteiger partial charge in [0, 0.05) is 0 Å². The Kier molecular flexibility index (Phi) is 7.45. The Morgan fingerprint density at radius 3 is 2.37 bits per heavy atom. The predicted octanol–water partition coefficient (Wildman–Crippen LogP) is -1.64. The van der Waals surface area contributed by atoms with Gasteiger partial charge in [0.25, 0.3) is 0 Å². The van der Waals surface area contributed by atoms with E-state index in [1.807, 2.05) is 19.1 Å². The number of ether oxygens (including phenoxy) is 4. The van der Waals surface area contributed by atoms with Gasteiger partial charge >= 0.3 is 0 Å². The summed E-state index contributed by atoms with van der Waals surface area (Å²) in [4.78, 5) is 0. The first kappa shape index (κ1) is 23.1. The minimum Gasteiger partial charge on any atom is -0.462 e. The van der Waals surface area contributed by atoms with E-state index in [0.717, 1.165) is 5.56 Å². The normalized spacial score (nSPS) is 39.5. The van der Waals surface area contributed by atoms with Crippen molar-refractivity contribution in [1.82, 2.24) is 0 Å². The zero-order valence-corrected chi connectivity index (χ0v) is 16.4. The lowest BCUT2D eigenvalue weighted by molar-refractivity contribution is -0.289. The highest BCUT2D eigenvalue weighted by Gasteiger charge is 2.50. The summed E-state index contributed by atoms with van der Waals surface area (Å²) in [5, 5.41) is 59.8. The van der Waals surface area contributed by atoms with Gasteiger partial charge in [-0.1, -0.05) is 24.3 Å². The second kappa shape index (κ2) is 9.69. The molecule has 6 N–H and O–H groups in total. The Morgan fingerprint density at radius 2 is 1.77 bits per heavy atom. The molecule has 0 spiro atoms. The van der Waals surface area contributed by atoms with Crippen molar-refractivity contribution in [3.63, 3.8) is 0 Å². The standard InChI is InChI=1S/C20H28O10/c1-2-3-11-4-6-12(7-5-11)29-18-16(24)15(23)14(22)13(30-18)8-27-19-17(25)20(26,9-21)10-28-19/h2-7,13-19,21-26H,8-10H2,1H3. The minimum absolute atomic E-state index is 0.334. The molecule has 10 nitrogen and oxygen atoms in total. The van der Waals surface area contributed by atoms with Gasteiger partial charge in [-0.2, -0.15) is 0 Å². The third-order valence-corrected chi connectivity index (χ3v) is 5.16. The van der Waals surface area contributed by atoms with Gasteiger partial charge in [0.05, 0.1) is 19.8 Å². The van der Waals surface area contributed by atoms with Crippen molar-refractivity contribution in [3.8, 4) is 5.75 Å². The van der Waals surface area contributed by atoms with Crippen molar-refractivity contribution in [2.75, 3.05) is 19.8 Å². The molecule has 2 fully saturated rings. The van der Waals surface area contributed by atoms with Gasteiger partial charge in [-0.15, -0.1) is 0 Å². The lowest BCUT2D eigenvalue weighted by Crippen LogP contribution is -2.60. The fourth-order valence-electron chi connectivity index (χ4n) is 3.26. The lowest BCUT2D eigenvalue weighted by Gasteiger charge is -2.40. The molecular weight excluding hydrogens is 400 g/mol. The summed E-state index contributed by atoms with van der Waals surface area (Å²) in [6.45, 7) is 0.504. The first-order valence-corrected chi connectivity index (χ1v) is 9.62. The maximum atomic E-state index is 10.2. The topological polar surface area (TPSA) is 158 Å². The maximum Gasteiger partial charge on any atom is 0.229 e.